The highest BCUT2D eigenvalue weighted by atomic mass is 35.5. The van der Waals surface area contributed by atoms with Gasteiger partial charge < -0.3 is 10.0 Å². The van der Waals surface area contributed by atoms with Crippen molar-refractivity contribution in [3.05, 3.63) is 29.8 Å². The Morgan fingerprint density at radius 3 is 1.35 bits per heavy atom. The number of hydrogen-bond acceptors (Lipinski definition) is 3. The van der Waals surface area contributed by atoms with Gasteiger partial charge in [0.25, 0.3) is 0 Å². The molecule has 0 saturated heterocycles. The number of benzene rings is 1. The summed E-state index contributed by atoms with van der Waals surface area (Å²) in [6.45, 7) is 6.10. The Morgan fingerprint density at radius 1 is 0.725 bits per heavy atom. The van der Waals surface area contributed by atoms with Crippen LogP contribution in [0.5, 0.6) is 0 Å². The van der Waals surface area contributed by atoms with Crippen LogP contribution in [0.1, 0.15) is 31.9 Å². The second kappa shape index (κ2) is 33.5. The van der Waals surface area contributed by atoms with Crippen LogP contribution in [0.4, 0.5) is 5.69 Å². The molecule has 19 atom stereocenters. The lowest BCUT2D eigenvalue weighted by atomic mass is 8.65. The molecule has 0 bridgehead atoms. The summed E-state index contributed by atoms with van der Waals surface area (Å²) in [5, 5.41) is 8.79. The summed E-state index contributed by atoms with van der Waals surface area (Å²) < 4.78 is 0. The number of anilines is 1. The molecular formula is C13H54B8ClN2O2P25. The third kappa shape index (κ3) is 21.9. The molecule has 38 heteroatoms. The van der Waals surface area contributed by atoms with Crippen LogP contribution >= 0.6 is 222 Å². The highest BCUT2D eigenvalue weighted by Crippen LogP contribution is 2.79. The van der Waals surface area contributed by atoms with Crippen molar-refractivity contribution >= 4 is 283 Å². The van der Waals surface area contributed by atoms with E-state index in [1.54, 1.807) is 0 Å². The average Bonchev–Trinajstić information content (AvgIpc) is 3.00. The van der Waals surface area contributed by atoms with Gasteiger partial charge >= 0.3 is 5.97 Å². The van der Waals surface area contributed by atoms with Crippen LogP contribution in [-0.2, 0) is 4.79 Å². The predicted molar refractivity (Wildman–Crippen MR) is 342 cm³/mol. The smallest absolute Gasteiger partial charge is 0.305 e. The van der Waals surface area contributed by atoms with E-state index in [0.29, 0.717) is 49.4 Å². The SMILES string of the molecule is CCN(CC)c1ccc(C(CC(=O)O)NCl)cc1.PPB(B(B(P)P)B(B(B(P(P)P)P(P)P)B(P(P)P)P(P)P)B(P(P)P)P(P)P)P(P)P. The number of hydrogen-bond donors (Lipinski definition) is 2. The lowest BCUT2D eigenvalue weighted by molar-refractivity contribution is -0.137. The molecule has 0 aliphatic rings. The maximum atomic E-state index is 10.7. The van der Waals surface area contributed by atoms with Crippen molar-refractivity contribution in [3.8, 4) is 0 Å². The minimum atomic E-state index is -0.874. The fraction of sp³-hybridized carbons (Fsp3) is 0.462. The van der Waals surface area contributed by atoms with Crippen molar-refractivity contribution in [1.29, 1.82) is 0 Å². The second-order valence-electron chi connectivity index (χ2n) is 11.3. The minimum absolute atomic E-state index is 0.0336. The molecule has 51 heavy (non-hydrogen) atoms. The van der Waals surface area contributed by atoms with E-state index in [-0.39, 0.29) is 62.7 Å². The summed E-state index contributed by atoms with van der Waals surface area (Å²) in [5.41, 5.74) is 2.01. The molecule has 4 nitrogen and oxygen atoms in total. The summed E-state index contributed by atoms with van der Waals surface area (Å²) in [7, 11) is 54.0. The fourth-order valence-corrected chi connectivity index (χ4v) is 67.3. The van der Waals surface area contributed by atoms with Gasteiger partial charge in [-0.15, -0.1) is 192 Å². The first-order valence-corrected chi connectivity index (χ1v) is 52.2. The first kappa shape index (κ1) is 61.0. The Bertz CT molecular complexity index is 1070. The van der Waals surface area contributed by atoms with Gasteiger partial charge in [-0.25, -0.2) is 4.84 Å². The summed E-state index contributed by atoms with van der Waals surface area (Å²) in [6.07, 6.45) is 1.92. The van der Waals surface area contributed by atoms with E-state index in [9.17, 15) is 4.79 Å². The van der Waals surface area contributed by atoms with Gasteiger partial charge in [-0.2, -0.15) is 18.2 Å². The molecule has 2 N–H and O–H groups in total. The van der Waals surface area contributed by atoms with Gasteiger partial charge in [-0.05, 0) is 43.3 Å². The summed E-state index contributed by atoms with van der Waals surface area (Å²) in [4.78, 5) is 15.4. The monoisotopic (exact) mass is 1170 g/mol. The van der Waals surface area contributed by atoms with Crippen LogP contribution in [0.2, 0.25) is 0 Å². The lowest BCUT2D eigenvalue weighted by Crippen LogP contribution is -2.71. The van der Waals surface area contributed by atoms with Gasteiger partial charge in [-0.1, -0.05) is 12.1 Å². The standard InChI is InChI=1S/C13H19ClN2O2.B8H35P25/c1-3-16(4-2)11-7-5-10(6-8-11)12(15-14)9-13(17)18;9-4(10)2(5(26-11)27(12)13)1(6(28(14)15)29(16)17)3(7(30(18)19)31(20)21)8(32(22)23)33(24)25/h5-8,12,15H,3-4,9H2,1-2H3,(H,17,18);26H,9-25H2. The van der Waals surface area contributed by atoms with E-state index in [0.717, 1.165) is 32.5 Å². The minimum Gasteiger partial charge on any atom is -0.481 e. The van der Waals surface area contributed by atoms with Crippen LogP contribution in [0.25, 0.3) is 0 Å². The maximum absolute atomic E-state index is 10.7. The molecule has 0 spiro atoms. The van der Waals surface area contributed by atoms with Crippen LogP contribution in [0.3, 0.4) is 0 Å². The molecule has 0 aromatic heterocycles. The molecule has 0 heterocycles. The van der Waals surface area contributed by atoms with E-state index in [1.165, 1.54) is 0 Å². The van der Waals surface area contributed by atoms with E-state index in [2.05, 4.69) is 176 Å². The van der Waals surface area contributed by atoms with Crippen molar-refractivity contribution in [2.75, 3.05) is 18.0 Å². The highest BCUT2D eigenvalue weighted by molar-refractivity contribution is 8.87. The third-order valence-electron chi connectivity index (χ3n) is 7.99. The topological polar surface area (TPSA) is 52.6 Å². The van der Waals surface area contributed by atoms with E-state index in [4.69, 9.17) is 16.9 Å². The normalized spacial score (nSPS) is 12.3. The zero-order valence-corrected chi connectivity index (χ0v) is 56.4. The van der Waals surface area contributed by atoms with E-state index in [1.807, 2.05) is 24.3 Å². The molecule has 284 valence electrons. The van der Waals surface area contributed by atoms with Crippen LogP contribution in [0.15, 0.2) is 24.3 Å². The fourth-order valence-electron chi connectivity index (χ4n) is 5.83. The van der Waals surface area contributed by atoms with Gasteiger partial charge in [0.15, 0.2) is 24.2 Å². The van der Waals surface area contributed by atoms with Crippen molar-refractivity contribution in [2.45, 2.75) is 26.3 Å². The van der Waals surface area contributed by atoms with Gasteiger partial charge in [0, 0.05) is 25.2 Å². The Balaban J connectivity index is 0.00000116. The zero-order chi connectivity index (χ0) is 39.9. The van der Waals surface area contributed by atoms with Crippen molar-refractivity contribution < 1.29 is 9.90 Å². The predicted octanol–water partition coefficient (Wildman–Crippen LogP) is 11.9. The first-order chi connectivity index (χ1) is 23.6. The Kier molecular flexibility index (Phi) is 40.0. The third-order valence-corrected chi connectivity index (χ3v) is 49.0. The average molecular weight is 1170 g/mol. The van der Waals surface area contributed by atoms with Crippen molar-refractivity contribution in [3.63, 3.8) is 0 Å². The summed E-state index contributed by atoms with van der Waals surface area (Å²) >= 11 is 5.58. The number of rotatable bonds is 22. The number of nitrogens with one attached hydrogen (secondary N) is 1. The molecule has 1 rings (SSSR count). The van der Waals surface area contributed by atoms with Crippen LogP contribution in [-0.4, -0.2) is 73.5 Å². The van der Waals surface area contributed by atoms with Gasteiger partial charge in [0.1, 0.15) is 6.04 Å². The molecule has 1 aromatic rings. The number of halogens is 1. The molecular weight excluding hydrogens is 1110 g/mol. The largest absolute Gasteiger partial charge is 0.481 e. The zero-order valence-electron chi connectivity index (χ0n) is 28.8. The Labute approximate surface area is 368 Å². The van der Waals surface area contributed by atoms with Gasteiger partial charge in [0.2, 0.25) is 0 Å². The highest BCUT2D eigenvalue weighted by Gasteiger charge is 2.58. The van der Waals surface area contributed by atoms with E-state index >= 15 is 0 Å². The maximum Gasteiger partial charge on any atom is 0.305 e. The van der Waals surface area contributed by atoms with Crippen molar-refractivity contribution in [2.24, 2.45) is 0 Å². The second-order valence-corrected chi connectivity index (χ2v) is 65.2. The molecule has 0 fully saturated rings. The Morgan fingerprint density at radius 2 is 1.10 bits per heavy atom. The van der Waals surface area contributed by atoms with Gasteiger partial charge in [0.05, 0.1) is 25.2 Å². The molecule has 1 aromatic carbocycles. The Hall–Kier alpha value is 10.0. The lowest BCUT2D eigenvalue weighted by Gasteiger charge is -2.47. The van der Waals surface area contributed by atoms with Gasteiger partial charge in [-0.3, -0.25) is 4.79 Å². The summed E-state index contributed by atoms with van der Waals surface area (Å²) in [6, 6.07) is 10.7. The number of carboxylic acid groups (broad SMARTS) is 1. The molecule has 0 aliphatic carbocycles. The molecule has 0 saturated carbocycles. The molecule has 19 unspecified atom stereocenters. The number of carboxylic acids is 1. The van der Waals surface area contributed by atoms with E-state index < -0.39 is 5.97 Å². The number of aliphatic carboxylic acids is 1. The molecule has 0 amide bonds. The quantitative estimate of drug-likeness (QED) is 0.0690. The van der Waals surface area contributed by atoms with Crippen LogP contribution in [0, 0.1) is 0 Å². The number of carbonyl (C=O) groups is 1. The molecule has 0 aliphatic heterocycles. The first-order valence-electron chi connectivity index (χ1n) is 15.0. The van der Waals surface area contributed by atoms with Crippen LogP contribution < -0.4 is 9.74 Å². The molecule has 0 radical (unpaired) electrons. The number of nitrogens with zero attached hydrogens (tertiary/aromatic N) is 1. The summed E-state index contributed by atoms with van der Waals surface area (Å²) in [5.74, 6) is -0.874. The van der Waals surface area contributed by atoms with Crippen molar-refractivity contribution in [1.82, 2.24) is 4.84 Å².